The Morgan fingerprint density at radius 3 is 1.36 bits per heavy atom. The van der Waals surface area contributed by atoms with Crippen LogP contribution >= 0.6 is 0 Å². The van der Waals surface area contributed by atoms with Crippen LogP contribution in [0.2, 0.25) is 0 Å². The van der Waals surface area contributed by atoms with Gasteiger partial charge in [-0.2, -0.15) is 0 Å². The maximum Gasteiger partial charge on any atom is 0.220 e. The molecule has 3 aliphatic rings. The van der Waals surface area contributed by atoms with E-state index in [-0.39, 0.29) is 18.9 Å². The molecule has 0 aliphatic carbocycles. The average Bonchev–Trinajstić information content (AvgIpc) is 3.37. The van der Waals surface area contributed by atoms with E-state index in [4.69, 9.17) is 28.4 Å². The zero-order valence-corrected chi connectivity index (χ0v) is 43.7. The summed E-state index contributed by atoms with van der Waals surface area (Å²) in [6.07, 6.45) is 7.33. The Morgan fingerprint density at radius 1 is 0.486 bits per heavy atom. The maximum absolute atomic E-state index is 13.3. The number of aliphatic hydroxyl groups is 11. The highest BCUT2D eigenvalue weighted by Crippen LogP contribution is 2.33. The summed E-state index contributed by atoms with van der Waals surface area (Å²) in [6.45, 7) is 1.75. The van der Waals surface area contributed by atoms with Crippen molar-refractivity contribution in [1.29, 1.82) is 0 Å². The molecule has 3 rings (SSSR count). The Balaban J connectivity index is 1.53. The van der Waals surface area contributed by atoms with Crippen LogP contribution in [0.4, 0.5) is 0 Å². The van der Waals surface area contributed by atoms with Gasteiger partial charge in [-0.3, -0.25) is 4.79 Å². The first-order valence-electron chi connectivity index (χ1n) is 27.9. The van der Waals surface area contributed by atoms with Gasteiger partial charge in [0.1, 0.15) is 73.2 Å². The molecule has 0 aromatic carbocycles. The Labute approximate surface area is 429 Å². The van der Waals surface area contributed by atoms with E-state index in [1.807, 2.05) is 0 Å². The third kappa shape index (κ3) is 23.0. The number of ether oxygens (including phenoxy) is 6. The number of unbranched alkanes of at least 4 members (excludes halogenated alkanes) is 22. The Kier molecular flexibility index (Phi) is 34.3. The van der Waals surface area contributed by atoms with Crippen molar-refractivity contribution in [2.45, 2.75) is 291 Å². The molecule has 3 fully saturated rings. The largest absolute Gasteiger partial charge is 0.394 e. The van der Waals surface area contributed by atoms with Crippen LogP contribution in [0.1, 0.15) is 187 Å². The van der Waals surface area contributed by atoms with E-state index in [2.05, 4.69) is 31.3 Å². The first kappa shape index (κ1) is 64.8. The van der Waals surface area contributed by atoms with Gasteiger partial charge in [0.05, 0.1) is 38.6 Å². The number of nitrogens with one attached hydrogen (secondary N) is 1. The van der Waals surface area contributed by atoms with Gasteiger partial charge in [-0.25, -0.2) is 0 Å². The summed E-state index contributed by atoms with van der Waals surface area (Å²) in [7, 11) is 0. The SMILES string of the molecule is CCCCCC/C=C\CCCCCCCC(=O)NC(COC1OC(CO)C(OC2OC(CO)C(OC3OC(CO)C(O)C(O)C3O)C(O)C2O)C(O)C1O)C(O)CCCCCCCCCCCCCCCC. The lowest BCUT2D eigenvalue weighted by molar-refractivity contribution is -0.379. The van der Waals surface area contributed by atoms with Crippen LogP contribution in [-0.4, -0.2) is 193 Å². The molecule has 17 atom stereocenters. The fourth-order valence-corrected chi connectivity index (χ4v) is 9.66. The van der Waals surface area contributed by atoms with E-state index >= 15 is 0 Å². The number of carbonyl (C=O) groups is 1. The second-order valence-electron chi connectivity index (χ2n) is 20.4. The minimum absolute atomic E-state index is 0.253. The predicted octanol–water partition coefficient (Wildman–Crippen LogP) is 3.43. The summed E-state index contributed by atoms with van der Waals surface area (Å²) in [5.41, 5.74) is 0. The lowest BCUT2D eigenvalue weighted by Gasteiger charge is -2.48. The van der Waals surface area contributed by atoms with Gasteiger partial charge in [0, 0.05) is 6.42 Å². The maximum atomic E-state index is 13.3. The second-order valence-corrected chi connectivity index (χ2v) is 20.4. The monoisotopic (exact) mass is 1040 g/mol. The number of aliphatic hydroxyl groups excluding tert-OH is 11. The molecule has 424 valence electrons. The molecule has 0 aromatic heterocycles. The first-order chi connectivity index (χ1) is 34.8. The topological polar surface area (TPSA) is 307 Å². The number of carbonyl (C=O) groups excluding carboxylic acids is 1. The lowest BCUT2D eigenvalue weighted by atomic mass is 9.96. The summed E-state index contributed by atoms with van der Waals surface area (Å²) < 4.78 is 34.2. The quantitative estimate of drug-likeness (QED) is 0.0309. The van der Waals surface area contributed by atoms with Gasteiger partial charge in [0.15, 0.2) is 18.9 Å². The van der Waals surface area contributed by atoms with Crippen LogP contribution in [0.25, 0.3) is 0 Å². The number of hydrogen-bond acceptors (Lipinski definition) is 18. The molecule has 19 heteroatoms. The fraction of sp³-hybridized carbons (Fsp3) is 0.943. The highest BCUT2D eigenvalue weighted by atomic mass is 16.8. The molecular weight excluding hydrogens is 939 g/mol. The smallest absolute Gasteiger partial charge is 0.220 e. The van der Waals surface area contributed by atoms with Gasteiger partial charge in [-0.05, 0) is 38.5 Å². The zero-order chi connectivity index (χ0) is 52.7. The number of hydrogen-bond donors (Lipinski definition) is 12. The molecule has 3 aliphatic heterocycles. The highest BCUT2D eigenvalue weighted by molar-refractivity contribution is 5.76. The molecule has 19 nitrogen and oxygen atoms in total. The number of allylic oxidation sites excluding steroid dienone is 2. The van der Waals surface area contributed by atoms with Crippen molar-refractivity contribution in [2.75, 3.05) is 26.4 Å². The van der Waals surface area contributed by atoms with Gasteiger partial charge < -0.3 is 89.9 Å². The normalized spacial score (nSPS) is 32.0. The summed E-state index contributed by atoms with van der Waals surface area (Å²) in [5.74, 6) is -0.253. The van der Waals surface area contributed by atoms with E-state index < -0.39 is 124 Å². The first-order valence-corrected chi connectivity index (χ1v) is 27.9. The Morgan fingerprint density at radius 2 is 0.875 bits per heavy atom. The number of amides is 1. The molecule has 17 unspecified atom stereocenters. The van der Waals surface area contributed by atoms with Crippen LogP contribution < -0.4 is 5.32 Å². The van der Waals surface area contributed by atoms with Crippen LogP contribution in [0.5, 0.6) is 0 Å². The molecule has 0 radical (unpaired) electrons. The van der Waals surface area contributed by atoms with E-state index in [1.165, 1.54) is 89.9 Å². The summed E-state index contributed by atoms with van der Waals surface area (Å²) in [5, 5.41) is 120. The summed E-state index contributed by atoms with van der Waals surface area (Å²) in [4.78, 5) is 13.3. The third-order valence-corrected chi connectivity index (χ3v) is 14.3. The Hall–Kier alpha value is -1.47. The van der Waals surface area contributed by atoms with Gasteiger partial charge in [-0.15, -0.1) is 0 Å². The summed E-state index contributed by atoms with van der Waals surface area (Å²) in [6, 6.07) is -0.886. The molecule has 0 bridgehead atoms. The molecule has 12 N–H and O–H groups in total. The van der Waals surface area contributed by atoms with Gasteiger partial charge in [0.25, 0.3) is 0 Å². The Bertz CT molecular complexity index is 1380. The second kappa shape index (κ2) is 38.1. The summed E-state index contributed by atoms with van der Waals surface area (Å²) >= 11 is 0. The molecule has 0 aromatic rings. The molecular formula is C53H99NO18. The fourth-order valence-electron chi connectivity index (χ4n) is 9.66. The van der Waals surface area contributed by atoms with E-state index in [0.29, 0.717) is 12.8 Å². The molecule has 1 amide bonds. The highest BCUT2D eigenvalue weighted by Gasteiger charge is 2.53. The molecule has 0 saturated carbocycles. The van der Waals surface area contributed by atoms with Crippen molar-refractivity contribution in [1.82, 2.24) is 5.32 Å². The standard InChI is InChI=1S/C53H99NO18/c1-3-5-7-9-11-13-15-17-19-20-22-24-26-28-30-37(58)36(54-41(59)31-29-27-25-23-21-18-16-14-12-10-8-6-4-2)35-67-51-47(65)44(62)49(39(33-56)69-51)72-53-48(66)45(63)50(40(34-57)70-53)71-52-46(64)43(61)42(60)38(32-55)68-52/h14,16,36-40,42-53,55-58,60-66H,3-13,15,17-35H2,1-2H3,(H,54,59)/b16-14-. The molecule has 3 heterocycles. The van der Waals surface area contributed by atoms with E-state index in [9.17, 15) is 61.0 Å². The van der Waals surface area contributed by atoms with E-state index in [1.54, 1.807) is 0 Å². The van der Waals surface area contributed by atoms with Crippen molar-refractivity contribution in [3.05, 3.63) is 12.2 Å². The third-order valence-electron chi connectivity index (χ3n) is 14.3. The van der Waals surface area contributed by atoms with Crippen molar-refractivity contribution in [2.24, 2.45) is 0 Å². The van der Waals surface area contributed by atoms with Gasteiger partial charge in [0.2, 0.25) is 5.91 Å². The zero-order valence-electron chi connectivity index (χ0n) is 43.7. The van der Waals surface area contributed by atoms with Crippen molar-refractivity contribution in [3.63, 3.8) is 0 Å². The van der Waals surface area contributed by atoms with Crippen LogP contribution in [0, 0.1) is 0 Å². The predicted molar refractivity (Wildman–Crippen MR) is 268 cm³/mol. The lowest BCUT2D eigenvalue weighted by Crippen LogP contribution is -2.66. The average molecular weight is 1040 g/mol. The van der Waals surface area contributed by atoms with Crippen LogP contribution in [0.3, 0.4) is 0 Å². The van der Waals surface area contributed by atoms with Crippen molar-refractivity contribution in [3.8, 4) is 0 Å². The molecule has 0 spiro atoms. The number of rotatable bonds is 40. The minimum atomic E-state index is -1.97. The minimum Gasteiger partial charge on any atom is -0.394 e. The van der Waals surface area contributed by atoms with E-state index in [0.717, 1.165) is 64.2 Å². The van der Waals surface area contributed by atoms with Crippen LogP contribution in [0.15, 0.2) is 12.2 Å². The van der Waals surface area contributed by atoms with Crippen molar-refractivity contribution < 1.29 is 89.4 Å². The molecule has 72 heavy (non-hydrogen) atoms. The molecule has 3 saturated heterocycles. The van der Waals surface area contributed by atoms with Crippen LogP contribution in [-0.2, 0) is 33.2 Å². The van der Waals surface area contributed by atoms with Crippen molar-refractivity contribution >= 4 is 5.91 Å². The van der Waals surface area contributed by atoms with Gasteiger partial charge in [-0.1, -0.05) is 154 Å². The van der Waals surface area contributed by atoms with Gasteiger partial charge >= 0.3 is 0 Å².